The van der Waals surface area contributed by atoms with Crippen molar-refractivity contribution in [1.29, 1.82) is 0 Å². The summed E-state index contributed by atoms with van der Waals surface area (Å²) in [6.07, 6.45) is 0.971. The van der Waals surface area contributed by atoms with E-state index >= 15 is 0 Å². The highest BCUT2D eigenvalue weighted by Gasteiger charge is 2.26. The van der Waals surface area contributed by atoms with Gasteiger partial charge >= 0.3 is 11.8 Å². The van der Waals surface area contributed by atoms with Crippen molar-refractivity contribution < 1.29 is 23.1 Å². The number of carbonyl (C=O) groups is 2. The monoisotopic (exact) mass is 444 g/mol. The summed E-state index contributed by atoms with van der Waals surface area (Å²) in [5.74, 6) is -3.90. The SMILES string of the molecule is CN1CCc2cc(C(CNC(=O)C(=O)Nc3ccc(F)c(F)c3)N3CCOCC3)ccc21. The molecule has 2 aromatic carbocycles. The second-order valence-electron chi connectivity index (χ2n) is 8.02. The number of hydrogen-bond donors (Lipinski definition) is 2. The summed E-state index contributed by atoms with van der Waals surface area (Å²) in [6, 6.07) is 9.14. The molecule has 32 heavy (non-hydrogen) atoms. The third-order valence-electron chi connectivity index (χ3n) is 5.94. The molecule has 0 spiro atoms. The Morgan fingerprint density at radius 1 is 1.03 bits per heavy atom. The van der Waals surface area contributed by atoms with Gasteiger partial charge < -0.3 is 20.3 Å². The van der Waals surface area contributed by atoms with Crippen molar-refractivity contribution in [3.8, 4) is 0 Å². The first-order valence-electron chi connectivity index (χ1n) is 10.6. The maximum absolute atomic E-state index is 13.4. The number of benzene rings is 2. The summed E-state index contributed by atoms with van der Waals surface area (Å²) in [6.45, 7) is 3.86. The van der Waals surface area contributed by atoms with Gasteiger partial charge in [-0.3, -0.25) is 14.5 Å². The van der Waals surface area contributed by atoms with Crippen LogP contribution in [0.15, 0.2) is 36.4 Å². The number of anilines is 2. The number of likely N-dealkylation sites (N-methyl/N-ethyl adjacent to an activating group) is 1. The van der Waals surface area contributed by atoms with E-state index in [0.29, 0.717) is 13.2 Å². The van der Waals surface area contributed by atoms with Gasteiger partial charge in [-0.25, -0.2) is 8.78 Å². The number of nitrogens with zero attached hydrogens (tertiary/aromatic N) is 2. The third kappa shape index (κ3) is 4.89. The summed E-state index contributed by atoms with van der Waals surface area (Å²) < 4.78 is 31.9. The van der Waals surface area contributed by atoms with Crippen LogP contribution in [0.25, 0.3) is 0 Å². The number of fused-ring (bicyclic) bond motifs is 1. The molecule has 0 aromatic heterocycles. The average molecular weight is 444 g/mol. The first-order chi connectivity index (χ1) is 15.4. The fraction of sp³-hybridized carbons (Fsp3) is 0.391. The van der Waals surface area contributed by atoms with E-state index in [1.165, 1.54) is 17.3 Å². The standard InChI is InChI=1S/C23H26F2N4O3/c1-28-7-6-16-12-15(2-5-20(16)28)21(29-8-10-32-11-9-29)14-26-22(30)23(31)27-17-3-4-18(24)19(25)13-17/h2-5,12-13,21H,6-11,14H2,1H3,(H,26,30)(H,27,31). The number of carbonyl (C=O) groups excluding carboxylic acids is 2. The number of morpholine rings is 1. The number of amides is 2. The van der Waals surface area contributed by atoms with Crippen LogP contribution in [0.5, 0.6) is 0 Å². The highest BCUT2D eigenvalue weighted by atomic mass is 19.2. The first-order valence-corrected chi connectivity index (χ1v) is 10.6. The molecule has 2 N–H and O–H groups in total. The Bertz CT molecular complexity index is 1010. The maximum Gasteiger partial charge on any atom is 0.313 e. The van der Waals surface area contributed by atoms with Crippen LogP contribution in [0.2, 0.25) is 0 Å². The lowest BCUT2D eigenvalue weighted by Crippen LogP contribution is -2.45. The van der Waals surface area contributed by atoms with Gasteiger partial charge in [-0.15, -0.1) is 0 Å². The topological polar surface area (TPSA) is 73.9 Å². The van der Waals surface area contributed by atoms with Crippen molar-refractivity contribution >= 4 is 23.2 Å². The molecular formula is C23H26F2N4O3. The zero-order chi connectivity index (χ0) is 22.7. The lowest BCUT2D eigenvalue weighted by Gasteiger charge is -2.35. The van der Waals surface area contributed by atoms with E-state index in [9.17, 15) is 18.4 Å². The van der Waals surface area contributed by atoms with Crippen molar-refractivity contribution in [1.82, 2.24) is 10.2 Å². The molecule has 1 unspecified atom stereocenters. The molecule has 9 heteroatoms. The Morgan fingerprint density at radius 2 is 1.81 bits per heavy atom. The number of ether oxygens (including phenoxy) is 1. The van der Waals surface area contributed by atoms with Crippen molar-refractivity contribution in [2.24, 2.45) is 0 Å². The Morgan fingerprint density at radius 3 is 2.56 bits per heavy atom. The number of rotatable bonds is 5. The molecule has 2 heterocycles. The van der Waals surface area contributed by atoms with E-state index in [0.717, 1.165) is 43.8 Å². The van der Waals surface area contributed by atoms with Gasteiger partial charge in [0.25, 0.3) is 0 Å². The lowest BCUT2D eigenvalue weighted by atomic mass is 10.0. The predicted molar refractivity (Wildman–Crippen MR) is 117 cm³/mol. The third-order valence-corrected chi connectivity index (χ3v) is 5.94. The van der Waals surface area contributed by atoms with Crippen LogP contribution in [0.3, 0.4) is 0 Å². The van der Waals surface area contributed by atoms with Gasteiger partial charge in [-0.2, -0.15) is 0 Å². The van der Waals surface area contributed by atoms with Crippen LogP contribution in [0.1, 0.15) is 17.2 Å². The van der Waals surface area contributed by atoms with Crippen LogP contribution in [0.4, 0.5) is 20.2 Å². The molecule has 0 bridgehead atoms. The van der Waals surface area contributed by atoms with E-state index in [4.69, 9.17) is 4.74 Å². The van der Waals surface area contributed by atoms with Gasteiger partial charge in [0, 0.05) is 50.7 Å². The molecule has 0 radical (unpaired) electrons. The fourth-order valence-electron chi connectivity index (χ4n) is 4.17. The maximum atomic E-state index is 13.4. The van der Waals surface area contributed by atoms with Crippen molar-refractivity contribution in [3.05, 3.63) is 59.2 Å². The minimum atomic E-state index is -1.10. The minimum absolute atomic E-state index is 0.0107. The van der Waals surface area contributed by atoms with Crippen molar-refractivity contribution in [3.63, 3.8) is 0 Å². The number of halogens is 2. The normalized spacial score (nSPS) is 17.0. The fourth-order valence-corrected chi connectivity index (χ4v) is 4.17. The summed E-state index contributed by atoms with van der Waals surface area (Å²) >= 11 is 0. The second kappa shape index (κ2) is 9.62. The van der Waals surface area contributed by atoms with E-state index in [-0.39, 0.29) is 18.3 Å². The quantitative estimate of drug-likeness (QED) is 0.691. The molecule has 4 rings (SSSR count). The van der Waals surface area contributed by atoms with Crippen LogP contribution in [-0.4, -0.2) is 63.2 Å². The van der Waals surface area contributed by atoms with Crippen LogP contribution in [-0.2, 0) is 20.7 Å². The highest BCUT2D eigenvalue weighted by molar-refractivity contribution is 6.39. The highest BCUT2D eigenvalue weighted by Crippen LogP contribution is 2.31. The molecule has 0 saturated carbocycles. The molecule has 1 saturated heterocycles. The average Bonchev–Trinajstić information content (AvgIpc) is 3.17. The molecule has 2 aromatic rings. The predicted octanol–water partition coefficient (Wildman–Crippen LogP) is 2.09. The van der Waals surface area contributed by atoms with Gasteiger partial charge in [0.2, 0.25) is 0 Å². The molecule has 0 aliphatic carbocycles. The molecule has 2 amide bonds. The summed E-state index contributed by atoms with van der Waals surface area (Å²) in [5.41, 5.74) is 3.56. The Kier molecular flexibility index (Phi) is 6.66. The first kappa shape index (κ1) is 22.2. The Labute approximate surface area is 185 Å². The Hall–Kier alpha value is -3.04. The molecule has 2 aliphatic rings. The number of nitrogens with one attached hydrogen (secondary N) is 2. The van der Waals surface area contributed by atoms with Crippen LogP contribution in [0, 0.1) is 11.6 Å². The molecular weight excluding hydrogens is 418 g/mol. The molecule has 170 valence electrons. The van der Waals surface area contributed by atoms with E-state index in [2.05, 4.69) is 45.7 Å². The van der Waals surface area contributed by atoms with Gasteiger partial charge in [-0.05, 0) is 35.7 Å². The largest absolute Gasteiger partial charge is 0.379 e. The zero-order valence-electron chi connectivity index (χ0n) is 17.9. The van der Waals surface area contributed by atoms with Gasteiger partial charge in [0.05, 0.1) is 19.3 Å². The smallest absolute Gasteiger partial charge is 0.313 e. The molecule has 2 aliphatic heterocycles. The van der Waals surface area contributed by atoms with Gasteiger partial charge in [0.15, 0.2) is 11.6 Å². The minimum Gasteiger partial charge on any atom is -0.379 e. The summed E-state index contributed by atoms with van der Waals surface area (Å²) in [5, 5.41) is 4.98. The van der Waals surface area contributed by atoms with Crippen LogP contribution >= 0.6 is 0 Å². The van der Waals surface area contributed by atoms with E-state index < -0.39 is 23.4 Å². The second-order valence-corrected chi connectivity index (χ2v) is 8.02. The molecule has 1 fully saturated rings. The zero-order valence-corrected chi connectivity index (χ0v) is 17.9. The van der Waals surface area contributed by atoms with Gasteiger partial charge in [0.1, 0.15) is 0 Å². The van der Waals surface area contributed by atoms with Crippen LogP contribution < -0.4 is 15.5 Å². The number of hydrogen-bond acceptors (Lipinski definition) is 5. The lowest BCUT2D eigenvalue weighted by molar-refractivity contribution is -0.136. The summed E-state index contributed by atoms with van der Waals surface area (Å²) in [4.78, 5) is 29.1. The molecule has 1 atom stereocenters. The van der Waals surface area contributed by atoms with Crippen molar-refractivity contribution in [2.45, 2.75) is 12.5 Å². The van der Waals surface area contributed by atoms with E-state index in [1.54, 1.807) is 0 Å². The van der Waals surface area contributed by atoms with E-state index in [1.807, 2.05) is 0 Å². The summed E-state index contributed by atoms with van der Waals surface area (Å²) in [7, 11) is 2.07. The molecule has 7 nitrogen and oxygen atoms in total. The van der Waals surface area contributed by atoms with Gasteiger partial charge in [-0.1, -0.05) is 12.1 Å². The van der Waals surface area contributed by atoms with Crippen molar-refractivity contribution in [2.75, 3.05) is 56.7 Å². The Balaban J connectivity index is 1.44.